The first kappa shape index (κ1) is 18.4. The van der Waals surface area contributed by atoms with E-state index in [1.54, 1.807) is 16.5 Å². The molecule has 2 amide bonds. The van der Waals surface area contributed by atoms with Crippen LogP contribution in [0.2, 0.25) is 0 Å². The lowest BCUT2D eigenvalue weighted by molar-refractivity contribution is -0.138. The van der Waals surface area contributed by atoms with Gasteiger partial charge in [0.15, 0.2) is 17.0 Å². The zero-order valence-electron chi connectivity index (χ0n) is 16.1. The molecule has 0 spiro atoms. The van der Waals surface area contributed by atoms with E-state index in [0.717, 1.165) is 5.82 Å². The van der Waals surface area contributed by atoms with Crippen LogP contribution in [0.5, 0.6) is 0 Å². The standard InChI is InChI=1S/C17H24N8O3/c1-3-25-15-13(20-21-25)14(18-11-19-15)24-9-12(10-24)16(26)22-5-7-23(8-6-22)17(27)28-4-2/h11-12H,3-10H2,1-2H3. The summed E-state index contributed by atoms with van der Waals surface area (Å²) in [5, 5.41) is 8.29. The lowest BCUT2D eigenvalue weighted by Crippen LogP contribution is -2.58. The number of hydrogen-bond acceptors (Lipinski definition) is 8. The Kier molecular flexibility index (Phi) is 4.97. The number of carbonyl (C=O) groups excluding carboxylic acids is 2. The molecule has 2 aliphatic rings. The monoisotopic (exact) mass is 388 g/mol. The molecular weight excluding hydrogens is 364 g/mol. The van der Waals surface area contributed by atoms with Crippen LogP contribution in [0.25, 0.3) is 11.2 Å². The third-order valence-corrected chi connectivity index (χ3v) is 5.23. The zero-order valence-corrected chi connectivity index (χ0v) is 16.1. The zero-order chi connectivity index (χ0) is 19.7. The van der Waals surface area contributed by atoms with Gasteiger partial charge in [-0.05, 0) is 13.8 Å². The van der Waals surface area contributed by atoms with Crippen LogP contribution in [0.4, 0.5) is 10.6 Å². The van der Waals surface area contributed by atoms with Crippen molar-refractivity contribution in [1.82, 2.24) is 34.8 Å². The van der Waals surface area contributed by atoms with Gasteiger partial charge in [0, 0.05) is 45.8 Å². The molecule has 2 aliphatic heterocycles. The number of aromatic nitrogens is 5. The third-order valence-electron chi connectivity index (χ3n) is 5.23. The molecule has 28 heavy (non-hydrogen) atoms. The smallest absolute Gasteiger partial charge is 0.409 e. The van der Waals surface area contributed by atoms with E-state index in [2.05, 4.69) is 20.3 Å². The first-order valence-corrected chi connectivity index (χ1v) is 9.62. The van der Waals surface area contributed by atoms with E-state index in [9.17, 15) is 9.59 Å². The van der Waals surface area contributed by atoms with Gasteiger partial charge in [-0.15, -0.1) is 5.10 Å². The summed E-state index contributed by atoms with van der Waals surface area (Å²) in [6, 6.07) is 0. The van der Waals surface area contributed by atoms with Crippen molar-refractivity contribution in [3.05, 3.63) is 6.33 Å². The SMILES string of the molecule is CCOC(=O)N1CCN(C(=O)C2CN(c3ncnc4c3nnn4CC)C2)CC1. The van der Waals surface area contributed by atoms with Gasteiger partial charge in [0.05, 0.1) is 12.5 Å². The van der Waals surface area contributed by atoms with Gasteiger partial charge >= 0.3 is 6.09 Å². The number of carbonyl (C=O) groups is 2. The van der Waals surface area contributed by atoms with Crippen molar-refractivity contribution in [2.45, 2.75) is 20.4 Å². The molecule has 2 aromatic heterocycles. The Morgan fingerprint density at radius 3 is 2.50 bits per heavy atom. The molecule has 4 heterocycles. The maximum atomic E-state index is 12.8. The Morgan fingerprint density at radius 2 is 1.82 bits per heavy atom. The molecule has 0 radical (unpaired) electrons. The number of piperazine rings is 1. The lowest BCUT2D eigenvalue weighted by atomic mass is 9.98. The van der Waals surface area contributed by atoms with Crippen LogP contribution in [0.15, 0.2) is 6.33 Å². The first-order valence-electron chi connectivity index (χ1n) is 9.62. The van der Waals surface area contributed by atoms with E-state index in [4.69, 9.17) is 4.74 Å². The summed E-state index contributed by atoms with van der Waals surface area (Å²) in [7, 11) is 0. The van der Waals surface area contributed by atoms with Crippen molar-refractivity contribution in [2.24, 2.45) is 5.92 Å². The normalized spacial score (nSPS) is 17.7. The Labute approximate surface area is 162 Å². The van der Waals surface area contributed by atoms with Gasteiger partial charge < -0.3 is 19.4 Å². The third kappa shape index (κ3) is 3.20. The molecule has 11 heteroatoms. The number of fused-ring (bicyclic) bond motifs is 1. The highest BCUT2D eigenvalue weighted by molar-refractivity contribution is 5.86. The number of ether oxygens (including phenoxy) is 1. The topological polar surface area (TPSA) is 110 Å². The van der Waals surface area contributed by atoms with Gasteiger partial charge in [-0.3, -0.25) is 4.79 Å². The van der Waals surface area contributed by atoms with E-state index in [1.807, 2.05) is 16.7 Å². The number of hydrogen-bond donors (Lipinski definition) is 0. The van der Waals surface area contributed by atoms with Crippen molar-refractivity contribution < 1.29 is 14.3 Å². The highest BCUT2D eigenvalue weighted by Gasteiger charge is 2.38. The van der Waals surface area contributed by atoms with Crippen LogP contribution in [-0.4, -0.2) is 92.6 Å². The molecule has 11 nitrogen and oxygen atoms in total. The summed E-state index contributed by atoms with van der Waals surface area (Å²) in [5.41, 5.74) is 1.37. The van der Waals surface area contributed by atoms with Crippen LogP contribution in [0.3, 0.4) is 0 Å². The Hall–Kier alpha value is -2.98. The number of aryl methyl sites for hydroxylation is 1. The average molecular weight is 388 g/mol. The Balaban J connectivity index is 1.34. The fourth-order valence-electron chi connectivity index (χ4n) is 3.61. The van der Waals surface area contributed by atoms with Crippen molar-refractivity contribution in [3.63, 3.8) is 0 Å². The molecule has 2 aromatic rings. The minimum atomic E-state index is -0.308. The minimum Gasteiger partial charge on any atom is -0.450 e. The second-order valence-electron chi connectivity index (χ2n) is 6.89. The van der Waals surface area contributed by atoms with Crippen LogP contribution in [0, 0.1) is 5.92 Å². The quantitative estimate of drug-likeness (QED) is 0.719. The van der Waals surface area contributed by atoms with Crippen molar-refractivity contribution >= 4 is 29.0 Å². The Morgan fingerprint density at radius 1 is 1.11 bits per heavy atom. The molecule has 0 unspecified atom stereocenters. The molecule has 4 rings (SSSR count). The molecule has 0 aliphatic carbocycles. The van der Waals surface area contributed by atoms with Crippen LogP contribution in [-0.2, 0) is 16.1 Å². The molecule has 0 atom stereocenters. The predicted molar refractivity (Wildman–Crippen MR) is 99.7 cm³/mol. The van der Waals surface area contributed by atoms with E-state index < -0.39 is 0 Å². The van der Waals surface area contributed by atoms with Gasteiger partial charge in [0.2, 0.25) is 5.91 Å². The summed E-state index contributed by atoms with van der Waals surface area (Å²) in [6.45, 7) is 8.10. The van der Waals surface area contributed by atoms with Crippen molar-refractivity contribution in [3.8, 4) is 0 Å². The molecule has 2 fully saturated rings. The van der Waals surface area contributed by atoms with Gasteiger partial charge in [-0.2, -0.15) is 0 Å². The average Bonchev–Trinajstić information content (AvgIpc) is 3.11. The molecule has 150 valence electrons. The van der Waals surface area contributed by atoms with Gasteiger partial charge in [-0.25, -0.2) is 19.4 Å². The Bertz CT molecular complexity index is 870. The van der Waals surface area contributed by atoms with Crippen LogP contribution < -0.4 is 4.90 Å². The number of nitrogens with zero attached hydrogens (tertiary/aromatic N) is 8. The summed E-state index contributed by atoms with van der Waals surface area (Å²) >= 11 is 0. The second kappa shape index (κ2) is 7.56. The molecule has 0 aromatic carbocycles. The summed E-state index contributed by atoms with van der Waals surface area (Å²) in [6.07, 6.45) is 1.20. The molecule has 2 saturated heterocycles. The van der Waals surface area contributed by atoms with Crippen LogP contribution >= 0.6 is 0 Å². The molecule has 0 bridgehead atoms. The summed E-state index contributed by atoms with van der Waals surface area (Å²) in [5.74, 6) is 0.781. The van der Waals surface area contributed by atoms with Crippen molar-refractivity contribution in [2.75, 3.05) is 50.8 Å². The summed E-state index contributed by atoms with van der Waals surface area (Å²) in [4.78, 5) is 38.7. The fraction of sp³-hybridized carbons (Fsp3) is 0.647. The second-order valence-corrected chi connectivity index (χ2v) is 6.89. The van der Waals surface area contributed by atoms with Gasteiger partial charge in [0.25, 0.3) is 0 Å². The van der Waals surface area contributed by atoms with Gasteiger partial charge in [0.1, 0.15) is 6.33 Å². The van der Waals surface area contributed by atoms with Gasteiger partial charge in [-0.1, -0.05) is 5.21 Å². The maximum Gasteiger partial charge on any atom is 0.409 e. The highest BCUT2D eigenvalue weighted by atomic mass is 16.6. The minimum absolute atomic E-state index is 0.0691. The lowest BCUT2D eigenvalue weighted by Gasteiger charge is -2.43. The molecule has 0 saturated carbocycles. The highest BCUT2D eigenvalue weighted by Crippen LogP contribution is 2.28. The summed E-state index contributed by atoms with van der Waals surface area (Å²) < 4.78 is 6.75. The predicted octanol–water partition coefficient (Wildman–Crippen LogP) is -0.0219. The number of rotatable bonds is 4. The fourth-order valence-corrected chi connectivity index (χ4v) is 3.61. The maximum absolute atomic E-state index is 12.8. The van der Waals surface area contributed by atoms with E-state index in [0.29, 0.717) is 63.6 Å². The van der Waals surface area contributed by atoms with Crippen molar-refractivity contribution in [1.29, 1.82) is 0 Å². The van der Waals surface area contributed by atoms with Crippen LogP contribution in [0.1, 0.15) is 13.8 Å². The van der Waals surface area contributed by atoms with E-state index in [-0.39, 0.29) is 17.9 Å². The largest absolute Gasteiger partial charge is 0.450 e. The first-order chi connectivity index (χ1) is 13.6. The number of amides is 2. The molecular formula is C17H24N8O3. The molecule has 0 N–H and O–H groups in total. The van der Waals surface area contributed by atoms with E-state index >= 15 is 0 Å². The van der Waals surface area contributed by atoms with E-state index in [1.165, 1.54) is 6.33 Å². The number of anilines is 1.